The molecule has 0 spiro atoms. The van der Waals surface area contributed by atoms with Crippen LogP contribution in [0.4, 0.5) is 10.8 Å². The summed E-state index contributed by atoms with van der Waals surface area (Å²) < 4.78 is 15.3. The van der Waals surface area contributed by atoms with Gasteiger partial charge < -0.3 is 20.5 Å². The van der Waals surface area contributed by atoms with Gasteiger partial charge in [-0.05, 0) is 41.9 Å². The second-order valence-electron chi connectivity index (χ2n) is 4.58. The average Bonchev–Trinajstić information content (AvgIpc) is 2.87. The molecule has 0 radical (unpaired) electrons. The average molecular weight is 323 g/mol. The standard InChI is InChI=1S/C14H17N3O2S2/c1-20-12-13(15)17-21-14(12)16-5-4-9-2-3-10-11(8-9)19-7-6-18-10/h2-3,8,16H,4-7H2,1H3,(H2,15,17). The molecule has 1 aliphatic rings. The molecular weight excluding hydrogens is 306 g/mol. The topological polar surface area (TPSA) is 69.4 Å². The lowest BCUT2D eigenvalue weighted by atomic mass is 10.1. The molecule has 0 saturated carbocycles. The van der Waals surface area contributed by atoms with Gasteiger partial charge in [-0.25, -0.2) is 0 Å². The Kier molecular flexibility index (Phi) is 4.40. The normalized spacial score (nSPS) is 13.2. The molecule has 3 N–H and O–H groups in total. The van der Waals surface area contributed by atoms with E-state index in [1.165, 1.54) is 17.1 Å². The van der Waals surface area contributed by atoms with Gasteiger partial charge in [0.1, 0.15) is 18.2 Å². The van der Waals surface area contributed by atoms with Crippen molar-refractivity contribution in [1.82, 2.24) is 4.37 Å². The van der Waals surface area contributed by atoms with Crippen molar-refractivity contribution < 1.29 is 9.47 Å². The van der Waals surface area contributed by atoms with Crippen LogP contribution in [0.3, 0.4) is 0 Å². The van der Waals surface area contributed by atoms with Gasteiger partial charge in [-0.2, -0.15) is 4.37 Å². The summed E-state index contributed by atoms with van der Waals surface area (Å²) in [6.45, 7) is 2.07. The number of nitrogens with zero attached hydrogens (tertiary/aromatic N) is 1. The van der Waals surface area contributed by atoms with E-state index >= 15 is 0 Å². The number of nitrogens with one attached hydrogen (secondary N) is 1. The van der Waals surface area contributed by atoms with Crippen LogP contribution in [0, 0.1) is 0 Å². The lowest BCUT2D eigenvalue weighted by molar-refractivity contribution is 0.171. The Hall–Kier alpha value is -1.60. The van der Waals surface area contributed by atoms with Crippen LogP contribution in [0.15, 0.2) is 23.1 Å². The molecule has 3 rings (SSSR count). The van der Waals surface area contributed by atoms with Crippen LogP contribution in [0.1, 0.15) is 5.56 Å². The number of nitrogens with two attached hydrogens (primary N) is 1. The van der Waals surface area contributed by atoms with Gasteiger partial charge in [0.2, 0.25) is 0 Å². The van der Waals surface area contributed by atoms with E-state index in [2.05, 4.69) is 15.8 Å². The predicted molar refractivity (Wildman–Crippen MR) is 87.9 cm³/mol. The largest absolute Gasteiger partial charge is 0.486 e. The first-order valence-electron chi connectivity index (χ1n) is 6.69. The molecule has 5 nitrogen and oxygen atoms in total. The number of hydrogen-bond acceptors (Lipinski definition) is 7. The molecule has 0 aliphatic carbocycles. The zero-order valence-electron chi connectivity index (χ0n) is 11.7. The van der Waals surface area contributed by atoms with E-state index in [1.54, 1.807) is 11.8 Å². The third kappa shape index (κ3) is 3.19. The van der Waals surface area contributed by atoms with Gasteiger partial charge in [0.25, 0.3) is 0 Å². The van der Waals surface area contributed by atoms with Gasteiger partial charge in [-0.3, -0.25) is 0 Å². The van der Waals surface area contributed by atoms with Gasteiger partial charge in [-0.1, -0.05) is 6.07 Å². The molecule has 0 amide bonds. The van der Waals surface area contributed by atoms with E-state index in [1.807, 2.05) is 18.4 Å². The number of hydrogen-bond donors (Lipinski definition) is 2. The van der Waals surface area contributed by atoms with Gasteiger partial charge in [0.05, 0.1) is 4.90 Å². The maximum Gasteiger partial charge on any atom is 0.161 e. The van der Waals surface area contributed by atoms with Gasteiger partial charge in [0, 0.05) is 6.54 Å². The number of rotatable bonds is 5. The Morgan fingerprint density at radius 1 is 1.33 bits per heavy atom. The van der Waals surface area contributed by atoms with E-state index in [0.29, 0.717) is 19.0 Å². The minimum Gasteiger partial charge on any atom is -0.486 e. The Morgan fingerprint density at radius 3 is 2.95 bits per heavy atom. The Morgan fingerprint density at radius 2 is 2.14 bits per heavy atom. The zero-order valence-corrected chi connectivity index (χ0v) is 13.4. The van der Waals surface area contributed by atoms with E-state index in [0.717, 1.165) is 34.4 Å². The van der Waals surface area contributed by atoms with Crippen LogP contribution < -0.4 is 20.5 Å². The first kappa shape index (κ1) is 14.3. The Labute approximate surface area is 132 Å². The minimum absolute atomic E-state index is 0.606. The number of aromatic nitrogens is 1. The van der Waals surface area contributed by atoms with E-state index in [-0.39, 0.29) is 0 Å². The highest BCUT2D eigenvalue weighted by atomic mass is 32.2. The van der Waals surface area contributed by atoms with Crippen LogP contribution in [-0.2, 0) is 6.42 Å². The lowest BCUT2D eigenvalue weighted by Gasteiger charge is -2.18. The summed E-state index contributed by atoms with van der Waals surface area (Å²) in [5.41, 5.74) is 7.04. The Balaban J connectivity index is 1.60. The van der Waals surface area contributed by atoms with Crippen molar-refractivity contribution in [3.05, 3.63) is 23.8 Å². The molecule has 1 aromatic heterocycles. The minimum atomic E-state index is 0.606. The highest BCUT2D eigenvalue weighted by molar-refractivity contribution is 7.99. The monoisotopic (exact) mass is 323 g/mol. The van der Waals surface area contributed by atoms with Gasteiger partial charge in [0.15, 0.2) is 17.3 Å². The molecule has 7 heteroatoms. The third-order valence-corrected chi connectivity index (χ3v) is 4.95. The molecule has 1 aromatic carbocycles. The Bertz CT molecular complexity index is 631. The zero-order chi connectivity index (χ0) is 14.7. The van der Waals surface area contributed by atoms with Gasteiger partial charge in [-0.15, -0.1) is 11.8 Å². The second kappa shape index (κ2) is 6.44. The number of ether oxygens (including phenoxy) is 2. The molecule has 112 valence electrons. The third-order valence-electron chi connectivity index (χ3n) is 3.18. The molecule has 0 bridgehead atoms. The first-order chi connectivity index (χ1) is 10.3. The first-order valence-corrected chi connectivity index (χ1v) is 8.69. The van der Waals surface area contributed by atoms with Crippen molar-refractivity contribution >= 4 is 34.1 Å². The van der Waals surface area contributed by atoms with Crippen molar-refractivity contribution in [3.8, 4) is 11.5 Å². The maximum absolute atomic E-state index is 5.82. The maximum atomic E-state index is 5.82. The molecule has 21 heavy (non-hydrogen) atoms. The van der Waals surface area contributed by atoms with Crippen LogP contribution in [0.5, 0.6) is 11.5 Å². The summed E-state index contributed by atoms with van der Waals surface area (Å²) in [6.07, 6.45) is 2.91. The van der Waals surface area contributed by atoms with Crippen LogP contribution in [0.25, 0.3) is 0 Å². The number of benzene rings is 1. The highest BCUT2D eigenvalue weighted by Gasteiger charge is 2.12. The number of fused-ring (bicyclic) bond motifs is 1. The summed E-state index contributed by atoms with van der Waals surface area (Å²) in [7, 11) is 0. The van der Waals surface area contributed by atoms with Crippen molar-refractivity contribution in [2.24, 2.45) is 0 Å². The van der Waals surface area contributed by atoms with Crippen LogP contribution >= 0.6 is 23.3 Å². The van der Waals surface area contributed by atoms with Crippen molar-refractivity contribution in [3.63, 3.8) is 0 Å². The molecule has 1 aliphatic heterocycles. The summed E-state index contributed by atoms with van der Waals surface area (Å²) in [4.78, 5) is 1.03. The molecule has 0 atom stereocenters. The number of nitrogen functional groups attached to an aromatic ring is 1. The molecule has 0 fully saturated rings. The van der Waals surface area contributed by atoms with Gasteiger partial charge >= 0.3 is 0 Å². The summed E-state index contributed by atoms with van der Waals surface area (Å²) in [5, 5.41) is 4.44. The molecule has 0 saturated heterocycles. The number of anilines is 2. The SMILES string of the molecule is CSc1c(N)nsc1NCCc1ccc2c(c1)OCCO2. The molecular formula is C14H17N3O2S2. The van der Waals surface area contributed by atoms with Crippen LogP contribution in [0.2, 0.25) is 0 Å². The molecule has 0 unspecified atom stereocenters. The summed E-state index contributed by atoms with van der Waals surface area (Å²) in [5.74, 6) is 2.28. The van der Waals surface area contributed by atoms with Crippen molar-refractivity contribution in [2.45, 2.75) is 11.3 Å². The second-order valence-corrected chi connectivity index (χ2v) is 6.17. The molecule has 2 heterocycles. The fourth-order valence-electron chi connectivity index (χ4n) is 2.17. The van der Waals surface area contributed by atoms with E-state index in [4.69, 9.17) is 15.2 Å². The van der Waals surface area contributed by atoms with Crippen molar-refractivity contribution in [2.75, 3.05) is 37.1 Å². The van der Waals surface area contributed by atoms with E-state index < -0.39 is 0 Å². The van der Waals surface area contributed by atoms with Crippen molar-refractivity contribution in [1.29, 1.82) is 0 Å². The molecule has 2 aromatic rings. The summed E-state index contributed by atoms with van der Waals surface area (Å²) in [6, 6.07) is 6.10. The fraction of sp³-hybridized carbons (Fsp3) is 0.357. The quantitative estimate of drug-likeness (QED) is 0.825. The fourth-order valence-corrected chi connectivity index (χ4v) is 3.73. The highest BCUT2D eigenvalue weighted by Crippen LogP contribution is 2.34. The van der Waals surface area contributed by atoms with E-state index in [9.17, 15) is 0 Å². The number of thioether (sulfide) groups is 1. The smallest absolute Gasteiger partial charge is 0.161 e. The summed E-state index contributed by atoms with van der Waals surface area (Å²) >= 11 is 3.02. The lowest BCUT2D eigenvalue weighted by Crippen LogP contribution is -2.15. The van der Waals surface area contributed by atoms with Crippen LogP contribution in [-0.4, -0.2) is 30.4 Å². The predicted octanol–water partition coefficient (Wildman–Crippen LogP) is 2.87.